The molecule has 42 heavy (non-hydrogen) atoms. The van der Waals surface area contributed by atoms with Gasteiger partial charge in [0, 0.05) is 17.7 Å². The minimum atomic E-state index is -3.78. The molecular formula is C34H32N2O5S. The highest BCUT2D eigenvalue weighted by Gasteiger charge is 2.29. The average molecular weight is 581 g/mol. The Hall–Kier alpha value is -4.66. The van der Waals surface area contributed by atoms with Crippen molar-refractivity contribution < 1.29 is 22.7 Å². The average Bonchev–Trinajstić information content (AvgIpc) is 3.31. The number of primary sulfonamides is 1. The number of hydrogen-bond acceptors (Lipinski definition) is 5. The zero-order valence-corrected chi connectivity index (χ0v) is 24.3. The van der Waals surface area contributed by atoms with E-state index in [4.69, 9.17) is 14.6 Å². The molecule has 0 bridgehead atoms. The van der Waals surface area contributed by atoms with E-state index in [2.05, 4.69) is 24.3 Å². The third kappa shape index (κ3) is 6.62. The van der Waals surface area contributed by atoms with Gasteiger partial charge in [-0.2, -0.15) is 0 Å². The van der Waals surface area contributed by atoms with Gasteiger partial charge >= 0.3 is 0 Å². The lowest BCUT2D eigenvalue weighted by Crippen LogP contribution is -2.27. The maximum absolute atomic E-state index is 13.8. The summed E-state index contributed by atoms with van der Waals surface area (Å²) in [5, 5.41) is 5.24. The number of amides is 1. The van der Waals surface area contributed by atoms with Crippen LogP contribution in [0.3, 0.4) is 0 Å². The first kappa shape index (κ1) is 28.9. The van der Waals surface area contributed by atoms with E-state index < -0.39 is 10.0 Å². The third-order valence-corrected chi connectivity index (χ3v) is 8.13. The van der Waals surface area contributed by atoms with Crippen molar-refractivity contribution >= 4 is 27.7 Å². The van der Waals surface area contributed by atoms with Crippen LogP contribution in [0.5, 0.6) is 11.5 Å². The van der Waals surface area contributed by atoms with E-state index in [-0.39, 0.29) is 10.8 Å². The van der Waals surface area contributed by atoms with E-state index in [1.807, 2.05) is 60.7 Å². The molecule has 0 saturated heterocycles. The molecule has 0 radical (unpaired) electrons. The van der Waals surface area contributed by atoms with Crippen LogP contribution in [0.4, 0.5) is 0 Å². The molecule has 0 saturated carbocycles. The fourth-order valence-corrected chi connectivity index (χ4v) is 5.46. The first-order valence-corrected chi connectivity index (χ1v) is 15.0. The molecule has 4 aromatic rings. The number of carbonyl (C=O) groups excluding carboxylic acids is 1. The second kappa shape index (κ2) is 12.5. The van der Waals surface area contributed by atoms with Gasteiger partial charge in [-0.15, -0.1) is 0 Å². The zero-order chi connectivity index (χ0) is 29.7. The highest BCUT2D eigenvalue weighted by atomic mass is 32.2. The largest absolute Gasteiger partial charge is 0.497 e. The smallest absolute Gasteiger partial charge is 0.258 e. The summed E-state index contributed by atoms with van der Waals surface area (Å²) in [5.74, 6) is 1.15. The Bertz CT molecular complexity index is 1740. The molecule has 0 aromatic heterocycles. The lowest BCUT2D eigenvalue weighted by Gasteiger charge is -2.21. The molecule has 8 heteroatoms. The maximum atomic E-state index is 13.8. The molecule has 5 rings (SSSR count). The van der Waals surface area contributed by atoms with Crippen molar-refractivity contribution in [3.8, 4) is 11.5 Å². The molecule has 0 unspecified atom stereocenters. The van der Waals surface area contributed by atoms with Crippen molar-refractivity contribution in [2.75, 3.05) is 20.8 Å². The summed E-state index contributed by atoms with van der Waals surface area (Å²) in [6.07, 6.45) is 5.06. The SMILES string of the molecule is COc1ccc(OC)c(/C=C2/C=C(c3ccc(Cc4ccccc4)cc3)N(CCc3ccc(S(N)(=O)=O)cc3)C2=O)c1. The number of benzene rings is 4. The van der Waals surface area contributed by atoms with Gasteiger partial charge in [0.2, 0.25) is 10.0 Å². The van der Waals surface area contributed by atoms with Crippen molar-refractivity contribution in [3.63, 3.8) is 0 Å². The van der Waals surface area contributed by atoms with E-state index in [1.165, 1.54) is 23.3 Å². The first-order valence-electron chi connectivity index (χ1n) is 13.5. The number of methoxy groups -OCH3 is 2. The van der Waals surface area contributed by atoms with Crippen molar-refractivity contribution in [2.45, 2.75) is 17.7 Å². The molecule has 1 heterocycles. The molecule has 0 spiro atoms. The van der Waals surface area contributed by atoms with Crippen molar-refractivity contribution in [3.05, 3.63) is 137 Å². The van der Waals surface area contributed by atoms with E-state index >= 15 is 0 Å². The molecule has 1 amide bonds. The molecule has 214 valence electrons. The quantitative estimate of drug-likeness (QED) is 0.252. The highest BCUT2D eigenvalue weighted by Crippen LogP contribution is 2.34. The van der Waals surface area contributed by atoms with E-state index in [0.29, 0.717) is 30.0 Å². The summed E-state index contributed by atoms with van der Waals surface area (Å²) in [6, 6.07) is 30.4. The van der Waals surface area contributed by atoms with Crippen LogP contribution in [0.2, 0.25) is 0 Å². The van der Waals surface area contributed by atoms with Gasteiger partial charge in [0.1, 0.15) is 11.5 Å². The van der Waals surface area contributed by atoms with Gasteiger partial charge in [-0.05, 0) is 77.6 Å². The fraction of sp³-hybridized carbons (Fsp3) is 0.147. The Morgan fingerprint density at radius 1 is 0.810 bits per heavy atom. The number of hydrogen-bond donors (Lipinski definition) is 1. The van der Waals surface area contributed by atoms with Crippen LogP contribution in [-0.2, 0) is 27.7 Å². The molecular weight excluding hydrogens is 548 g/mol. The molecule has 0 atom stereocenters. The van der Waals surface area contributed by atoms with Gasteiger partial charge in [0.05, 0.1) is 24.8 Å². The van der Waals surface area contributed by atoms with Crippen molar-refractivity contribution in [1.82, 2.24) is 4.90 Å². The van der Waals surface area contributed by atoms with Crippen molar-refractivity contribution in [2.24, 2.45) is 5.14 Å². The molecule has 1 aliphatic heterocycles. The number of rotatable bonds is 10. The minimum Gasteiger partial charge on any atom is -0.497 e. The van der Waals surface area contributed by atoms with Gasteiger partial charge in [-0.3, -0.25) is 4.79 Å². The predicted octanol–water partition coefficient (Wildman–Crippen LogP) is 5.45. The van der Waals surface area contributed by atoms with Crippen LogP contribution in [0.15, 0.2) is 114 Å². The topological polar surface area (TPSA) is 98.9 Å². The maximum Gasteiger partial charge on any atom is 0.258 e. The Kier molecular flexibility index (Phi) is 8.56. The summed E-state index contributed by atoms with van der Waals surface area (Å²) in [6.45, 7) is 0.401. The predicted molar refractivity (Wildman–Crippen MR) is 164 cm³/mol. The molecule has 2 N–H and O–H groups in total. The molecule has 0 aliphatic carbocycles. The summed E-state index contributed by atoms with van der Waals surface area (Å²) in [7, 11) is -0.593. The van der Waals surface area contributed by atoms with Crippen LogP contribution < -0.4 is 14.6 Å². The lowest BCUT2D eigenvalue weighted by molar-refractivity contribution is -0.122. The number of ether oxygens (including phenoxy) is 2. The number of sulfonamides is 1. The number of carbonyl (C=O) groups is 1. The Balaban J connectivity index is 1.46. The van der Waals surface area contributed by atoms with E-state index in [0.717, 1.165) is 28.8 Å². The van der Waals surface area contributed by atoms with E-state index in [1.54, 1.807) is 31.3 Å². The Morgan fingerprint density at radius 3 is 2.12 bits per heavy atom. The van der Waals surface area contributed by atoms with Crippen LogP contribution in [0, 0.1) is 0 Å². The highest BCUT2D eigenvalue weighted by molar-refractivity contribution is 7.89. The second-order valence-electron chi connectivity index (χ2n) is 9.99. The zero-order valence-electron chi connectivity index (χ0n) is 23.5. The standard InChI is InChI=1S/C34H32N2O5S/c1-40-30-14-17-33(41-2)28(22-30)21-29-23-32(27-12-8-26(9-13-27)20-25-6-4-3-5-7-25)36(34(29)37)19-18-24-10-15-31(16-11-24)42(35,38)39/h3-17,21-23H,18-20H2,1-2H3,(H2,35,38,39)/b29-21-. The third-order valence-electron chi connectivity index (χ3n) is 7.20. The van der Waals surface area contributed by atoms with Crippen LogP contribution >= 0.6 is 0 Å². The minimum absolute atomic E-state index is 0.0529. The lowest BCUT2D eigenvalue weighted by atomic mass is 10.0. The van der Waals surface area contributed by atoms with Gasteiger partial charge < -0.3 is 14.4 Å². The van der Waals surface area contributed by atoms with E-state index in [9.17, 15) is 13.2 Å². The normalized spacial score (nSPS) is 14.3. The van der Waals surface area contributed by atoms with Crippen molar-refractivity contribution in [1.29, 1.82) is 0 Å². The summed E-state index contributed by atoms with van der Waals surface area (Å²) < 4.78 is 34.2. The molecule has 1 aliphatic rings. The Morgan fingerprint density at radius 2 is 1.48 bits per heavy atom. The van der Waals surface area contributed by atoms with Gasteiger partial charge in [0.25, 0.3) is 5.91 Å². The molecule has 0 fully saturated rings. The van der Waals surface area contributed by atoms with Crippen LogP contribution in [0.1, 0.15) is 27.8 Å². The van der Waals surface area contributed by atoms with Crippen LogP contribution in [0.25, 0.3) is 11.8 Å². The first-order chi connectivity index (χ1) is 20.2. The number of nitrogens with two attached hydrogens (primary N) is 1. The van der Waals surface area contributed by atoms with Gasteiger partial charge in [-0.25, -0.2) is 13.6 Å². The number of nitrogens with zero attached hydrogens (tertiary/aromatic N) is 1. The molecule has 4 aromatic carbocycles. The van der Waals surface area contributed by atoms with Crippen LogP contribution in [-0.4, -0.2) is 40.0 Å². The Labute approximate surface area is 246 Å². The van der Waals surface area contributed by atoms with Gasteiger partial charge in [-0.1, -0.05) is 66.7 Å². The monoisotopic (exact) mass is 580 g/mol. The summed E-state index contributed by atoms with van der Waals surface area (Å²) >= 11 is 0. The fourth-order valence-electron chi connectivity index (χ4n) is 4.95. The van der Waals surface area contributed by atoms with Gasteiger partial charge in [0.15, 0.2) is 0 Å². The second-order valence-corrected chi connectivity index (χ2v) is 11.6. The summed E-state index contributed by atoms with van der Waals surface area (Å²) in [5.41, 5.74) is 6.26. The molecule has 7 nitrogen and oxygen atoms in total. The summed E-state index contributed by atoms with van der Waals surface area (Å²) in [4.78, 5) is 15.6.